The molecular formula is C32H45N3O4. The van der Waals surface area contributed by atoms with E-state index >= 15 is 0 Å². The number of hydrogen-bond donors (Lipinski definition) is 4. The van der Waals surface area contributed by atoms with Crippen LogP contribution in [0.1, 0.15) is 76.3 Å². The highest BCUT2D eigenvalue weighted by Crippen LogP contribution is 2.32. The first kappa shape index (κ1) is 30.2. The predicted molar refractivity (Wildman–Crippen MR) is 156 cm³/mol. The number of aliphatic hydroxyl groups excluding tert-OH is 1. The molecule has 39 heavy (non-hydrogen) atoms. The molecule has 5 N–H and O–H groups in total. The van der Waals surface area contributed by atoms with Crippen molar-refractivity contribution in [1.29, 1.82) is 0 Å². The predicted octanol–water partition coefficient (Wildman–Crippen LogP) is 6.04. The topological polar surface area (TPSA) is 117 Å². The molecular weight excluding hydrogens is 490 g/mol. The molecule has 0 bridgehead atoms. The quantitative estimate of drug-likeness (QED) is 0.158. The van der Waals surface area contributed by atoms with Crippen molar-refractivity contribution in [2.45, 2.75) is 89.7 Å². The van der Waals surface area contributed by atoms with Crippen LogP contribution < -0.4 is 11.1 Å². The number of aliphatic hydroxyl groups is 1. The van der Waals surface area contributed by atoms with Gasteiger partial charge in [0.1, 0.15) is 0 Å². The van der Waals surface area contributed by atoms with Crippen molar-refractivity contribution in [2.24, 2.45) is 11.7 Å². The zero-order valence-electron chi connectivity index (χ0n) is 23.5. The van der Waals surface area contributed by atoms with E-state index in [1.54, 1.807) is 0 Å². The van der Waals surface area contributed by atoms with E-state index in [9.17, 15) is 14.7 Å². The van der Waals surface area contributed by atoms with Crippen LogP contribution in [-0.2, 0) is 22.4 Å². The molecule has 1 aromatic heterocycles. The average molecular weight is 536 g/mol. The van der Waals surface area contributed by atoms with Gasteiger partial charge in [0.15, 0.2) is 5.60 Å². The van der Waals surface area contributed by atoms with E-state index < -0.39 is 23.6 Å². The van der Waals surface area contributed by atoms with Crippen LogP contribution >= 0.6 is 0 Å². The summed E-state index contributed by atoms with van der Waals surface area (Å²) in [5.41, 5.74) is 6.89. The van der Waals surface area contributed by atoms with E-state index in [1.807, 2.05) is 60.8 Å². The van der Waals surface area contributed by atoms with E-state index in [4.69, 9.17) is 10.5 Å². The maximum atomic E-state index is 14.0. The summed E-state index contributed by atoms with van der Waals surface area (Å²) in [5.74, 6) is -0.315. The summed E-state index contributed by atoms with van der Waals surface area (Å²) in [4.78, 5) is 29.6. The molecule has 1 heterocycles. The van der Waals surface area contributed by atoms with Crippen molar-refractivity contribution in [3.8, 4) is 0 Å². The fourth-order valence-corrected chi connectivity index (χ4v) is 5.46. The van der Waals surface area contributed by atoms with Gasteiger partial charge < -0.3 is 25.9 Å². The van der Waals surface area contributed by atoms with E-state index in [0.29, 0.717) is 12.8 Å². The Morgan fingerprint density at radius 2 is 1.72 bits per heavy atom. The van der Waals surface area contributed by atoms with Gasteiger partial charge in [0.2, 0.25) is 0 Å². The van der Waals surface area contributed by atoms with Gasteiger partial charge >= 0.3 is 6.09 Å². The molecule has 0 aliphatic carbocycles. The van der Waals surface area contributed by atoms with Gasteiger partial charge in [-0.15, -0.1) is 0 Å². The third-order valence-electron chi connectivity index (χ3n) is 7.47. The van der Waals surface area contributed by atoms with Crippen LogP contribution in [0.25, 0.3) is 10.9 Å². The maximum absolute atomic E-state index is 14.0. The van der Waals surface area contributed by atoms with Gasteiger partial charge in [0, 0.05) is 23.5 Å². The number of ether oxygens (including phenoxy) is 1. The van der Waals surface area contributed by atoms with Crippen molar-refractivity contribution in [1.82, 2.24) is 10.3 Å². The molecule has 3 unspecified atom stereocenters. The monoisotopic (exact) mass is 535 g/mol. The minimum atomic E-state index is -1.51. The number of aromatic amines is 1. The number of aromatic nitrogens is 1. The molecule has 7 heteroatoms. The van der Waals surface area contributed by atoms with Crippen LogP contribution in [0.5, 0.6) is 0 Å². The van der Waals surface area contributed by atoms with Crippen LogP contribution in [0.2, 0.25) is 0 Å². The summed E-state index contributed by atoms with van der Waals surface area (Å²) in [7, 11) is 0. The lowest BCUT2D eigenvalue weighted by Crippen LogP contribution is -2.56. The highest BCUT2D eigenvalue weighted by Gasteiger charge is 2.44. The number of carbonyl (C=O) groups excluding carboxylic acids is 2. The summed E-state index contributed by atoms with van der Waals surface area (Å²) < 4.78 is 5.78. The van der Waals surface area contributed by atoms with E-state index in [0.717, 1.165) is 41.3 Å². The minimum absolute atomic E-state index is 0.119. The summed E-state index contributed by atoms with van der Waals surface area (Å²) in [5, 5.41) is 14.1. The zero-order valence-corrected chi connectivity index (χ0v) is 23.5. The Kier molecular flexibility index (Phi) is 11.9. The molecule has 3 atom stereocenters. The van der Waals surface area contributed by atoms with Crippen LogP contribution in [0, 0.1) is 5.92 Å². The molecule has 0 radical (unpaired) electrons. The Morgan fingerprint density at radius 3 is 2.44 bits per heavy atom. The van der Waals surface area contributed by atoms with Gasteiger partial charge in [-0.05, 0) is 36.0 Å². The van der Waals surface area contributed by atoms with Crippen molar-refractivity contribution < 1.29 is 19.4 Å². The second-order valence-electron chi connectivity index (χ2n) is 10.9. The number of carbonyl (C=O) groups is 2. The van der Waals surface area contributed by atoms with Gasteiger partial charge in [0.05, 0.1) is 12.6 Å². The number of hydrogen-bond acceptors (Lipinski definition) is 4. The van der Waals surface area contributed by atoms with Crippen molar-refractivity contribution in [3.63, 3.8) is 0 Å². The molecule has 3 aromatic rings. The average Bonchev–Trinajstić information content (AvgIpc) is 3.32. The normalized spacial score (nSPS) is 14.4. The first-order chi connectivity index (χ1) is 18.9. The molecule has 7 nitrogen and oxygen atoms in total. The van der Waals surface area contributed by atoms with Crippen molar-refractivity contribution >= 4 is 22.9 Å². The fraction of sp³-hybridized carbons (Fsp3) is 0.500. The largest absolute Gasteiger partial charge is 0.433 e. The number of amides is 2. The standard InChI is InChI=1S/C32H45N3O4/c1-3-4-5-6-7-9-14-24(2)20-32(39-31(33)38,21-26-22-34-29-18-13-12-17-28(26)29)30(37)35-27(23-36)19-25-15-10-8-11-16-25/h8,10-13,15-18,22,24,27,34,36H,3-7,9,14,19-21,23H2,1-2H3,(H2,33,38)(H,35,37). The Bertz CT molecular complexity index is 1160. The second-order valence-corrected chi connectivity index (χ2v) is 10.9. The molecule has 0 aliphatic heterocycles. The Labute approximate surface area is 232 Å². The lowest BCUT2D eigenvalue weighted by atomic mass is 9.82. The highest BCUT2D eigenvalue weighted by molar-refractivity contribution is 5.90. The highest BCUT2D eigenvalue weighted by atomic mass is 16.6. The van der Waals surface area contributed by atoms with Gasteiger partial charge in [-0.3, -0.25) is 4.79 Å². The van der Waals surface area contributed by atoms with Gasteiger partial charge in [-0.25, -0.2) is 4.79 Å². The van der Waals surface area contributed by atoms with Gasteiger partial charge in [0.25, 0.3) is 5.91 Å². The number of rotatable bonds is 17. The summed E-state index contributed by atoms with van der Waals surface area (Å²) in [6.45, 7) is 4.06. The van der Waals surface area contributed by atoms with Crippen LogP contribution in [-0.4, -0.2) is 40.3 Å². The molecule has 0 aliphatic rings. The number of fused-ring (bicyclic) bond motifs is 1. The van der Waals surface area contributed by atoms with Crippen molar-refractivity contribution in [2.75, 3.05) is 6.61 Å². The summed E-state index contributed by atoms with van der Waals surface area (Å²) in [6.07, 6.45) is 9.88. The lowest BCUT2D eigenvalue weighted by molar-refractivity contribution is -0.142. The molecule has 0 fully saturated rings. The molecule has 0 saturated carbocycles. The molecule has 3 rings (SSSR count). The fourth-order valence-electron chi connectivity index (χ4n) is 5.46. The third-order valence-corrected chi connectivity index (χ3v) is 7.47. The number of unbranched alkanes of at least 4 members (excludes halogenated alkanes) is 5. The number of para-hydroxylation sites is 1. The molecule has 0 saturated heterocycles. The number of nitrogens with two attached hydrogens (primary N) is 1. The first-order valence-corrected chi connectivity index (χ1v) is 14.4. The first-order valence-electron chi connectivity index (χ1n) is 14.4. The summed E-state index contributed by atoms with van der Waals surface area (Å²) in [6, 6.07) is 17.0. The zero-order chi connectivity index (χ0) is 28.1. The Balaban J connectivity index is 1.85. The number of benzene rings is 2. The van der Waals surface area contributed by atoms with Gasteiger partial charge in [-0.2, -0.15) is 0 Å². The van der Waals surface area contributed by atoms with Gasteiger partial charge in [-0.1, -0.05) is 107 Å². The molecule has 2 aromatic carbocycles. The lowest BCUT2D eigenvalue weighted by Gasteiger charge is -2.35. The maximum Gasteiger partial charge on any atom is 0.405 e. The smallest absolute Gasteiger partial charge is 0.405 e. The Hall–Kier alpha value is -3.32. The minimum Gasteiger partial charge on any atom is -0.433 e. The van der Waals surface area contributed by atoms with Crippen LogP contribution in [0.4, 0.5) is 4.79 Å². The van der Waals surface area contributed by atoms with E-state index in [2.05, 4.69) is 24.1 Å². The summed E-state index contributed by atoms with van der Waals surface area (Å²) >= 11 is 0. The molecule has 0 spiro atoms. The Morgan fingerprint density at radius 1 is 1.03 bits per heavy atom. The van der Waals surface area contributed by atoms with Crippen LogP contribution in [0.3, 0.4) is 0 Å². The number of H-pyrrole nitrogens is 1. The number of nitrogens with one attached hydrogen (secondary N) is 2. The van der Waals surface area contributed by atoms with Crippen molar-refractivity contribution in [3.05, 3.63) is 71.9 Å². The SMILES string of the molecule is CCCCCCCCC(C)CC(Cc1c[nH]c2ccccc12)(OC(N)=O)C(=O)NC(CO)Cc1ccccc1. The third kappa shape index (κ3) is 9.13. The molecule has 2 amide bonds. The second kappa shape index (κ2) is 15.3. The van der Waals surface area contributed by atoms with Crippen LogP contribution in [0.15, 0.2) is 60.8 Å². The van der Waals surface area contributed by atoms with E-state index in [-0.39, 0.29) is 18.9 Å². The molecule has 212 valence electrons. The van der Waals surface area contributed by atoms with E-state index in [1.165, 1.54) is 25.7 Å². The number of primary amides is 1.